The molecule has 0 spiro atoms. The molecule has 0 saturated heterocycles. The van der Waals surface area contributed by atoms with Crippen molar-refractivity contribution >= 4 is 17.4 Å². The van der Waals surface area contributed by atoms with Crippen LogP contribution in [0.25, 0.3) is 0 Å². The molecule has 0 radical (unpaired) electrons. The van der Waals surface area contributed by atoms with E-state index >= 15 is 0 Å². The van der Waals surface area contributed by atoms with Crippen molar-refractivity contribution in [2.75, 3.05) is 6.61 Å². The van der Waals surface area contributed by atoms with Crippen molar-refractivity contribution in [3.63, 3.8) is 0 Å². The van der Waals surface area contributed by atoms with Gasteiger partial charge in [0, 0.05) is 12.1 Å². The van der Waals surface area contributed by atoms with E-state index in [0.29, 0.717) is 13.0 Å². The van der Waals surface area contributed by atoms with Crippen molar-refractivity contribution in [2.24, 2.45) is 16.1 Å². The lowest BCUT2D eigenvalue weighted by Gasteiger charge is -2.16. The van der Waals surface area contributed by atoms with E-state index < -0.39 is 0 Å². The van der Waals surface area contributed by atoms with Crippen LogP contribution in [0.3, 0.4) is 0 Å². The topological polar surface area (TPSA) is 51.0 Å². The van der Waals surface area contributed by atoms with Gasteiger partial charge < -0.3 is 4.74 Å². The molecule has 0 aliphatic carbocycles. The predicted octanol–water partition coefficient (Wildman–Crippen LogP) is 1.41. The van der Waals surface area contributed by atoms with Gasteiger partial charge in [0.1, 0.15) is 5.92 Å². The number of rotatable bonds is 2. The summed E-state index contributed by atoms with van der Waals surface area (Å²) in [4.78, 5) is 11.4. The Hall–Kier alpha value is -1.19. The molecule has 1 heterocycles. The lowest BCUT2D eigenvalue weighted by molar-refractivity contribution is -0.145. The van der Waals surface area contributed by atoms with Crippen LogP contribution in [-0.2, 0) is 9.53 Å². The third kappa shape index (κ3) is 2.37. The van der Waals surface area contributed by atoms with Gasteiger partial charge in [0.2, 0.25) is 0 Å². The molecule has 0 fully saturated rings. The van der Waals surface area contributed by atoms with Crippen LogP contribution < -0.4 is 0 Å². The van der Waals surface area contributed by atoms with Gasteiger partial charge in [-0.25, -0.2) is 0 Å². The molecule has 1 rings (SSSR count). The maximum atomic E-state index is 11.4. The van der Waals surface area contributed by atoms with Crippen LogP contribution in [0.15, 0.2) is 10.2 Å². The Morgan fingerprint density at radius 1 is 1.54 bits per heavy atom. The van der Waals surface area contributed by atoms with E-state index in [1.165, 1.54) is 0 Å². The second kappa shape index (κ2) is 4.16. The second-order valence-corrected chi connectivity index (χ2v) is 3.09. The van der Waals surface area contributed by atoms with Crippen LogP contribution in [-0.4, -0.2) is 24.0 Å². The van der Waals surface area contributed by atoms with E-state index in [4.69, 9.17) is 4.74 Å². The summed E-state index contributed by atoms with van der Waals surface area (Å²) in [5.41, 5.74) is 1.62. The minimum absolute atomic E-state index is 0.196. The SMILES string of the molecule is CCOC(=O)C1CC(C)=NN=C1C. The van der Waals surface area contributed by atoms with E-state index in [2.05, 4.69) is 10.2 Å². The van der Waals surface area contributed by atoms with Crippen LogP contribution >= 0.6 is 0 Å². The van der Waals surface area contributed by atoms with Crippen molar-refractivity contribution in [1.29, 1.82) is 0 Å². The highest BCUT2D eigenvalue weighted by atomic mass is 16.5. The minimum Gasteiger partial charge on any atom is -0.465 e. The smallest absolute Gasteiger partial charge is 0.315 e. The highest BCUT2D eigenvalue weighted by molar-refractivity contribution is 6.06. The molecule has 4 heteroatoms. The van der Waals surface area contributed by atoms with Crippen molar-refractivity contribution < 1.29 is 9.53 Å². The molecule has 0 bridgehead atoms. The molecule has 13 heavy (non-hydrogen) atoms. The molecule has 0 N–H and O–H groups in total. The maximum Gasteiger partial charge on any atom is 0.315 e. The Labute approximate surface area is 77.7 Å². The number of hydrogen-bond donors (Lipinski definition) is 0. The van der Waals surface area contributed by atoms with Crippen LogP contribution in [0.1, 0.15) is 27.2 Å². The van der Waals surface area contributed by atoms with Crippen molar-refractivity contribution in [3.8, 4) is 0 Å². The molecule has 0 amide bonds. The fourth-order valence-corrected chi connectivity index (χ4v) is 1.21. The van der Waals surface area contributed by atoms with Gasteiger partial charge in [0.05, 0.1) is 12.3 Å². The first-order valence-corrected chi connectivity index (χ1v) is 4.39. The molecular formula is C9H14N2O2. The van der Waals surface area contributed by atoms with Crippen molar-refractivity contribution in [3.05, 3.63) is 0 Å². The number of hydrogen-bond acceptors (Lipinski definition) is 4. The van der Waals surface area contributed by atoms with E-state index in [1.54, 1.807) is 13.8 Å². The standard InChI is InChI=1S/C9H14N2O2/c1-4-13-9(12)8-5-6(2)10-11-7(8)3/h8H,4-5H2,1-3H3. The molecule has 0 aromatic carbocycles. The van der Waals surface area contributed by atoms with Gasteiger partial charge in [-0.1, -0.05) is 0 Å². The summed E-state index contributed by atoms with van der Waals surface area (Å²) in [5.74, 6) is -0.421. The van der Waals surface area contributed by atoms with Crippen molar-refractivity contribution in [1.82, 2.24) is 0 Å². The monoisotopic (exact) mass is 182 g/mol. The first kappa shape index (κ1) is 9.89. The summed E-state index contributed by atoms with van der Waals surface area (Å²) in [6.07, 6.45) is 0.633. The van der Waals surface area contributed by atoms with Crippen LogP contribution in [0.2, 0.25) is 0 Å². The lowest BCUT2D eigenvalue weighted by Crippen LogP contribution is -2.28. The van der Waals surface area contributed by atoms with Gasteiger partial charge in [-0.2, -0.15) is 10.2 Å². The molecule has 1 aliphatic heterocycles. The average Bonchev–Trinajstić information content (AvgIpc) is 2.09. The summed E-state index contributed by atoms with van der Waals surface area (Å²) >= 11 is 0. The molecule has 0 aromatic rings. The van der Waals surface area contributed by atoms with Gasteiger partial charge >= 0.3 is 5.97 Å². The van der Waals surface area contributed by atoms with Crippen molar-refractivity contribution in [2.45, 2.75) is 27.2 Å². The molecular weight excluding hydrogens is 168 g/mol. The Kier molecular flexibility index (Phi) is 3.17. The second-order valence-electron chi connectivity index (χ2n) is 3.09. The fraction of sp³-hybridized carbons (Fsp3) is 0.667. The zero-order valence-electron chi connectivity index (χ0n) is 8.20. The van der Waals surface area contributed by atoms with Crippen LogP contribution in [0.4, 0.5) is 0 Å². The highest BCUT2D eigenvalue weighted by Crippen LogP contribution is 2.14. The summed E-state index contributed by atoms with van der Waals surface area (Å²) in [6.45, 7) is 5.88. The Morgan fingerprint density at radius 2 is 2.23 bits per heavy atom. The molecule has 4 nitrogen and oxygen atoms in total. The van der Waals surface area contributed by atoms with Gasteiger partial charge in [-0.15, -0.1) is 0 Å². The third-order valence-corrected chi connectivity index (χ3v) is 1.95. The number of esters is 1. The van der Waals surface area contributed by atoms with E-state index in [0.717, 1.165) is 11.4 Å². The van der Waals surface area contributed by atoms with E-state index in [1.807, 2.05) is 6.92 Å². The summed E-state index contributed by atoms with van der Waals surface area (Å²) in [5, 5.41) is 7.80. The number of nitrogens with zero attached hydrogens (tertiary/aromatic N) is 2. The minimum atomic E-state index is -0.225. The Bertz CT molecular complexity index is 269. The zero-order valence-corrected chi connectivity index (χ0v) is 8.20. The number of ether oxygens (including phenoxy) is 1. The summed E-state index contributed by atoms with van der Waals surface area (Å²) < 4.78 is 4.93. The quantitative estimate of drug-likeness (QED) is 0.606. The molecule has 1 unspecified atom stereocenters. The average molecular weight is 182 g/mol. The Morgan fingerprint density at radius 3 is 2.85 bits per heavy atom. The van der Waals surface area contributed by atoms with Gasteiger partial charge in [-0.05, 0) is 20.8 Å². The van der Waals surface area contributed by atoms with Gasteiger partial charge in [0.15, 0.2) is 0 Å². The Balaban J connectivity index is 2.67. The zero-order chi connectivity index (χ0) is 9.84. The summed E-state index contributed by atoms with van der Waals surface area (Å²) in [6, 6.07) is 0. The highest BCUT2D eigenvalue weighted by Gasteiger charge is 2.26. The normalized spacial score (nSPS) is 21.9. The molecule has 72 valence electrons. The van der Waals surface area contributed by atoms with E-state index in [-0.39, 0.29) is 11.9 Å². The number of carbonyl (C=O) groups excluding carboxylic acids is 1. The van der Waals surface area contributed by atoms with Gasteiger partial charge in [0.25, 0.3) is 0 Å². The third-order valence-electron chi connectivity index (χ3n) is 1.95. The van der Waals surface area contributed by atoms with Gasteiger partial charge in [-0.3, -0.25) is 4.79 Å². The lowest BCUT2D eigenvalue weighted by atomic mass is 9.97. The first-order valence-electron chi connectivity index (χ1n) is 4.39. The van der Waals surface area contributed by atoms with Crippen LogP contribution in [0.5, 0.6) is 0 Å². The molecule has 0 aromatic heterocycles. The first-order chi connectivity index (χ1) is 6.15. The molecule has 0 saturated carbocycles. The largest absolute Gasteiger partial charge is 0.465 e. The molecule has 1 aliphatic rings. The molecule has 1 atom stereocenters. The van der Waals surface area contributed by atoms with Crippen LogP contribution in [0, 0.1) is 5.92 Å². The van der Waals surface area contributed by atoms with E-state index in [9.17, 15) is 4.79 Å². The summed E-state index contributed by atoms with van der Waals surface area (Å²) in [7, 11) is 0. The number of carbonyl (C=O) groups is 1. The maximum absolute atomic E-state index is 11.4. The fourth-order valence-electron chi connectivity index (χ4n) is 1.21. The predicted molar refractivity (Wildman–Crippen MR) is 51.0 cm³/mol.